The lowest BCUT2D eigenvalue weighted by molar-refractivity contribution is -0.132. The van der Waals surface area contributed by atoms with Crippen LogP contribution < -0.4 is 9.47 Å². The molecule has 1 saturated heterocycles. The van der Waals surface area contributed by atoms with E-state index in [4.69, 9.17) is 9.47 Å². The topological polar surface area (TPSA) is 59.1 Å². The van der Waals surface area contributed by atoms with E-state index in [0.717, 1.165) is 5.56 Å². The van der Waals surface area contributed by atoms with Crippen molar-refractivity contribution in [1.29, 1.82) is 0 Å². The van der Waals surface area contributed by atoms with Gasteiger partial charge in [-0.15, -0.1) is 0 Å². The molecule has 0 aromatic heterocycles. The van der Waals surface area contributed by atoms with Crippen LogP contribution in [0.1, 0.15) is 22.3 Å². The van der Waals surface area contributed by atoms with Crippen LogP contribution in [0.4, 0.5) is 4.39 Å². The molecule has 146 valence electrons. The Morgan fingerprint density at radius 3 is 2.32 bits per heavy atom. The normalized spacial score (nSPS) is 15.6. The van der Waals surface area contributed by atoms with Crippen LogP contribution in [0.15, 0.2) is 42.5 Å². The van der Waals surface area contributed by atoms with Gasteiger partial charge in [-0.2, -0.15) is 0 Å². The molecule has 0 spiro atoms. The van der Waals surface area contributed by atoms with E-state index < -0.39 is 0 Å². The molecular weight excluding hydrogens is 363 g/mol. The summed E-state index contributed by atoms with van der Waals surface area (Å²) in [4.78, 5) is 28.7. The summed E-state index contributed by atoms with van der Waals surface area (Å²) >= 11 is 0. The van der Waals surface area contributed by atoms with Crippen LogP contribution >= 0.6 is 0 Å². The van der Waals surface area contributed by atoms with Crippen LogP contribution in [0.25, 0.3) is 0 Å². The van der Waals surface area contributed by atoms with Crippen molar-refractivity contribution in [2.24, 2.45) is 0 Å². The van der Waals surface area contributed by atoms with Gasteiger partial charge >= 0.3 is 0 Å². The van der Waals surface area contributed by atoms with E-state index in [0.29, 0.717) is 56.1 Å². The van der Waals surface area contributed by atoms with E-state index >= 15 is 0 Å². The molecule has 6 nitrogen and oxygen atoms in total. The number of ether oxygens (including phenoxy) is 2. The number of fused-ring (bicyclic) bond motifs is 1. The molecule has 0 N–H and O–H groups in total. The molecule has 0 saturated carbocycles. The van der Waals surface area contributed by atoms with E-state index in [1.807, 2.05) is 0 Å². The molecule has 2 amide bonds. The zero-order chi connectivity index (χ0) is 19.5. The molecule has 2 aromatic carbocycles. The van der Waals surface area contributed by atoms with E-state index in [1.165, 1.54) is 12.1 Å². The number of carbonyl (C=O) groups is 2. The number of halogens is 1. The predicted molar refractivity (Wildman–Crippen MR) is 99.8 cm³/mol. The molecule has 0 unspecified atom stereocenters. The van der Waals surface area contributed by atoms with Gasteiger partial charge in [0.1, 0.15) is 5.82 Å². The molecule has 2 heterocycles. The number of amides is 2. The molecule has 0 aliphatic carbocycles. The quantitative estimate of drug-likeness (QED) is 0.813. The first kappa shape index (κ1) is 18.3. The Kier molecular flexibility index (Phi) is 5.14. The van der Waals surface area contributed by atoms with Gasteiger partial charge in [0.05, 0.1) is 0 Å². The second-order valence-electron chi connectivity index (χ2n) is 6.87. The first-order chi connectivity index (χ1) is 13.6. The highest BCUT2D eigenvalue weighted by Crippen LogP contribution is 2.32. The summed E-state index contributed by atoms with van der Waals surface area (Å²) < 4.78 is 23.5. The van der Waals surface area contributed by atoms with Crippen LogP contribution in [0.3, 0.4) is 0 Å². The van der Waals surface area contributed by atoms with Gasteiger partial charge in [-0.05, 0) is 42.3 Å². The summed E-state index contributed by atoms with van der Waals surface area (Å²) in [5.41, 5.74) is 1.49. The van der Waals surface area contributed by atoms with Crippen LogP contribution in [-0.4, -0.2) is 54.6 Å². The maximum Gasteiger partial charge on any atom is 0.254 e. The highest BCUT2D eigenvalue weighted by Gasteiger charge is 2.26. The van der Waals surface area contributed by atoms with E-state index in [9.17, 15) is 14.0 Å². The average Bonchev–Trinajstić information content (AvgIpc) is 3.20. The summed E-state index contributed by atoms with van der Waals surface area (Å²) in [5.74, 6) is 0.933. The Labute approximate surface area is 162 Å². The Morgan fingerprint density at radius 2 is 1.57 bits per heavy atom. The SMILES string of the molecule is O=C(CCc1ccc(F)cc1)N1CCN(C(=O)c2ccc3c(c2)OCO3)CC1. The second-order valence-corrected chi connectivity index (χ2v) is 6.87. The molecular formula is C21H21FN2O4. The summed E-state index contributed by atoms with van der Waals surface area (Å²) in [7, 11) is 0. The summed E-state index contributed by atoms with van der Waals surface area (Å²) in [5, 5.41) is 0. The van der Waals surface area contributed by atoms with Crippen LogP contribution in [-0.2, 0) is 11.2 Å². The van der Waals surface area contributed by atoms with E-state index in [-0.39, 0.29) is 24.4 Å². The van der Waals surface area contributed by atoms with Crippen molar-refractivity contribution in [1.82, 2.24) is 9.80 Å². The fourth-order valence-electron chi connectivity index (χ4n) is 3.43. The lowest BCUT2D eigenvalue weighted by Gasteiger charge is -2.35. The molecule has 2 aromatic rings. The third-order valence-corrected chi connectivity index (χ3v) is 5.08. The van der Waals surface area contributed by atoms with Crippen molar-refractivity contribution < 1.29 is 23.5 Å². The smallest absolute Gasteiger partial charge is 0.254 e. The highest BCUT2D eigenvalue weighted by molar-refractivity contribution is 5.95. The van der Waals surface area contributed by atoms with Gasteiger partial charge < -0.3 is 19.3 Å². The summed E-state index contributed by atoms with van der Waals surface area (Å²) in [6.45, 7) is 2.19. The lowest BCUT2D eigenvalue weighted by atomic mass is 10.1. The monoisotopic (exact) mass is 384 g/mol. The summed E-state index contributed by atoms with van der Waals surface area (Å²) in [6.07, 6.45) is 0.956. The maximum absolute atomic E-state index is 12.9. The maximum atomic E-state index is 12.9. The molecule has 1 fully saturated rings. The number of aryl methyl sites for hydroxylation is 1. The zero-order valence-electron chi connectivity index (χ0n) is 15.4. The zero-order valence-corrected chi connectivity index (χ0v) is 15.4. The van der Waals surface area contributed by atoms with Crippen molar-refractivity contribution in [2.75, 3.05) is 33.0 Å². The second kappa shape index (κ2) is 7.88. The van der Waals surface area contributed by atoms with Gasteiger partial charge in [0.15, 0.2) is 11.5 Å². The number of piperazine rings is 1. The van der Waals surface area contributed by atoms with Crippen molar-refractivity contribution in [2.45, 2.75) is 12.8 Å². The van der Waals surface area contributed by atoms with Gasteiger partial charge in [-0.25, -0.2) is 4.39 Å². The number of benzene rings is 2. The predicted octanol–water partition coefficient (Wildman–Crippen LogP) is 2.47. The minimum Gasteiger partial charge on any atom is -0.454 e. The van der Waals surface area contributed by atoms with Gasteiger partial charge in [0.25, 0.3) is 5.91 Å². The largest absolute Gasteiger partial charge is 0.454 e. The average molecular weight is 384 g/mol. The van der Waals surface area contributed by atoms with E-state index in [1.54, 1.807) is 40.1 Å². The standard InChI is InChI=1S/C21H21FN2O4/c22-17-5-1-15(2-6-17)3-8-20(25)23-9-11-24(12-10-23)21(26)16-4-7-18-19(13-16)28-14-27-18/h1-2,4-7,13H,3,8-12,14H2. The highest BCUT2D eigenvalue weighted by atomic mass is 19.1. The Balaban J connectivity index is 1.28. The Hall–Kier alpha value is -3.09. The fourth-order valence-corrected chi connectivity index (χ4v) is 3.43. The van der Waals surface area contributed by atoms with Crippen molar-refractivity contribution in [3.8, 4) is 11.5 Å². The van der Waals surface area contributed by atoms with E-state index in [2.05, 4.69) is 0 Å². The molecule has 0 atom stereocenters. The minimum atomic E-state index is -0.279. The number of hydrogen-bond acceptors (Lipinski definition) is 4. The molecule has 2 aliphatic rings. The summed E-state index contributed by atoms with van der Waals surface area (Å²) in [6, 6.07) is 11.4. The number of rotatable bonds is 4. The van der Waals surface area contributed by atoms with Crippen LogP contribution in [0.2, 0.25) is 0 Å². The Morgan fingerprint density at radius 1 is 0.893 bits per heavy atom. The molecule has 0 radical (unpaired) electrons. The number of nitrogens with zero attached hydrogens (tertiary/aromatic N) is 2. The minimum absolute atomic E-state index is 0.0551. The molecule has 0 bridgehead atoms. The molecule has 7 heteroatoms. The van der Waals surface area contributed by atoms with Gasteiger partial charge in [-0.3, -0.25) is 9.59 Å². The molecule has 28 heavy (non-hydrogen) atoms. The molecule has 2 aliphatic heterocycles. The van der Waals surface area contributed by atoms with Crippen molar-refractivity contribution in [3.05, 3.63) is 59.4 Å². The van der Waals surface area contributed by atoms with Crippen LogP contribution in [0.5, 0.6) is 11.5 Å². The van der Waals surface area contributed by atoms with Gasteiger partial charge in [0.2, 0.25) is 12.7 Å². The van der Waals surface area contributed by atoms with Gasteiger partial charge in [-0.1, -0.05) is 12.1 Å². The van der Waals surface area contributed by atoms with Gasteiger partial charge in [0, 0.05) is 38.2 Å². The van der Waals surface area contributed by atoms with Crippen molar-refractivity contribution in [3.63, 3.8) is 0 Å². The Bertz CT molecular complexity index is 876. The number of hydrogen-bond donors (Lipinski definition) is 0. The fraction of sp³-hybridized carbons (Fsp3) is 0.333. The third kappa shape index (κ3) is 3.93. The van der Waals surface area contributed by atoms with Crippen LogP contribution in [0, 0.1) is 5.82 Å². The van der Waals surface area contributed by atoms with Crippen molar-refractivity contribution >= 4 is 11.8 Å². The lowest BCUT2D eigenvalue weighted by Crippen LogP contribution is -2.50. The first-order valence-corrected chi connectivity index (χ1v) is 9.31. The third-order valence-electron chi connectivity index (χ3n) is 5.08. The molecule has 4 rings (SSSR count). The first-order valence-electron chi connectivity index (χ1n) is 9.31. The number of carbonyl (C=O) groups excluding carboxylic acids is 2.